The summed E-state index contributed by atoms with van der Waals surface area (Å²) in [7, 11) is 1.66. The van der Waals surface area contributed by atoms with Crippen LogP contribution in [-0.2, 0) is 11.2 Å². The lowest BCUT2D eigenvalue weighted by atomic mass is 10.1. The third-order valence-electron chi connectivity index (χ3n) is 4.34. The minimum atomic E-state index is 0.242. The van der Waals surface area contributed by atoms with Crippen LogP contribution in [0.2, 0.25) is 0 Å². The Hall–Kier alpha value is -1.88. The lowest BCUT2D eigenvalue weighted by molar-refractivity contribution is -0.130. The number of hydrogen-bond donors (Lipinski definition) is 0. The van der Waals surface area contributed by atoms with Crippen molar-refractivity contribution in [2.75, 3.05) is 26.0 Å². The number of carbonyl (C=O) groups excluding carboxylic acids is 1. The van der Waals surface area contributed by atoms with Crippen LogP contribution in [0.1, 0.15) is 29.4 Å². The molecule has 2 heterocycles. The summed E-state index contributed by atoms with van der Waals surface area (Å²) in [4.78, 5) is 14.5. The Balaban J connectivity index is 1.49. The Morgan fingerprint density at radius 3 is 2.83 bits per heavy atom. The number of amides is 1. The molecule has 0 spiro atoms. The Bertz CT molecular complexity index is 639. The first-order chi connectivity index (χ1) is 11.8. The third-order valence-corrected chi connectivity index (χ3v) is 5.63. The first kappa shape index (κ1) is 17.0. The maximum absolute atomic E-state index is 12.5. The maximum atomic E-state index is 12.5. The van der Waals surface area contributed by atoms with Gasteiger partial charge in [-0.15, -0.1) is 11.8 Å². The first-order valence-electron chi connectivity index (χ1n) is 8.32. The zero-order valence-electron chi connectivity index (χ0n) is 13.9. The van der Waals surface area contributed by atoms with Crippen LogP contribution in [0.5, 0.6) is 5.75 Å². The highest BCUT2D eigenvalue weighted by Crippen LogP contribution is 2.34. The smallest absolute Gasteiger partial charge is 0.222 e. The Kier molecular flexibility index (Phi) is 5.86. The van der Waals surface area contributed by atoms with Gasteiger partial charge in [-0.05, 0) is 42.7 Å². The molecule has 4 nitrogen and oxygen atoms in total. The molecule has 1 fully saturated rings. The first-order valence-corrected chi connectivity index (χ1v) is 9.37. The molecule has 0 N–H and O–H groups in total. The van der Waals surface area contributed by atoms with Crippen LogP contribution in [0.4, 0.5) is 0 Å². The fraction of sp³-hybridized carbons (Fsp3) is 0.421. The number of carbonyl (C=O) groups is 1. The second kappa shape index (κ2) is 8.29. The van der Waals surface area contributed by atoms with Crippen molar-refractivity contribution in [1.82, 2.24) is 4.90 Å². The van der Waals surface area contributed by atoms with Gasteiger partial charge in [0.1, 0.15) is 11.5 Å². The van der Waals surface area contributed by atoms with E-state index in [4.69, 9.17) is 9.15 Å². The molecule has 1 aliphatic heterocycles. The van der Waals surface area contributed by atoms with E-state index in [1.54, 1.807) is 13.4 Å². The van der Waals surface area contributed by atoms with E-state index in [0.29, 0.717) is 11.7 Å². The van der Waals surface area contributed by atoms with Gasteiger partial charge in [-0.1, -0.05) is 12.1 Å². The van der Waals surface area contributed by atoms with Crippen LogP contribution >= 0.6 is 11.8 Å². The van der Waals surface area contributed by atoms with Gasteiger partial charge in [-0.2, -0.15) is 0 Å². The van der Waals surface area contributed by atoms with Gasteiger partial charge in [0.15, 0.2) is 0 Å². The normalized spacial score (nSPS) is 18.2. The number of thioether (sulfide) groups is 1. The molecule has 0 bridgehead atoms. The predicted molar refractivity (Wildman–Crippen MR) is 96.4 cm³/mol. The molecule has 1 aromatic carbocycles. The van der Waals surface area contributed by atoms with E-state index in [-0.39, 0.29) is 5.91 Å². The maximum Gasteiger partial charge on any atom is 0.222 e. The van der Waals surface area contributed by atoms with Crippen LogP contribution in [-0.4, -0.2) is 36.8 Å². The average molecular weight is 345 g/mol. The molecule has 1 aromatic heterocycles. The lowest BCUT2D eigenvalue weighted by Crippen LogP contribution is -2.33. The number of rotatable bonds is 5. The molecule has 3 rings (SSSR count). The van der Waals surface area contributed by atoms with Crippen LogP contribution in [0.15, 0.2) is 47.1 Å². The average Bonchev–Trinajstić information content (AvgIpc) is 3.04. The molecule has 5 heteroatoms. The fourth-order valence-electron chi connectivity index (χ4n) is 2.92. The molecule has 0 unspecified atom stereocenters. The topological polar surface area (TPSA) is 42.7 Å². The summed E-state index contributed by atoms with van der Waals surface area (Å²) in [5.41, 5.74) is 1.17. The van der Waals surface area contributed by atoms with Gasteiger partial charge in [0.25, 0.3) is 0 Å². The molecule has 1 amide bonds. The second-order valence-corrected chi connectivity index (χ2v) is 7.20. The largest absolute Gasteiger partial charge is 0.497 e. The molecule has 1 aliphatic rings. The fourth-order valence-corrected chi connectivity index (χ4v) is 4.10. The van der Waals surface area contributed by atoms with Gasteiger partial charge < -0.3 is 14.1 Å². The minimum Gasteiger partial charge on any atom is -0.497 e. The zero-order valence-corrected chi connectivity index (χ0v) is 14.8. The van der Waals surface area contributed by atoms with E-state index in [0.717, 1.165) is 43.2 Å². The molecular formula is C19H23NO3S. The summed E-state index contributed by atoms with van der Waals surface area (Å²) < 4.78 is 10.7. The predicted octanol–water partition coefficient (Wildman–Crippen LogP) is 3.93. The molecule has 2 aromatic rings. The number of ether oxygens (including phenoxy) is 1. The van der Waals surface area contributed by atoms with Crippen molar-refractivity contribution in [2.24, 2.45) is 0 Å². The van der Waals surface area contributed by atoms with Crippen molar-refractivity contribution in [3.63, 3.8) is 0 Å². The van der Waals surface area contributed by atoms with Gasteiger partial charge in [0.2, 0.25) is 5.91 Å². The van der Waals surface area contributed by atoms with E-state index in [2.05, 4.69) is 0 Å². The molecule has 0 saturated carbocycles. The summed E-state index contributed by atoms with van der Waals surface area (Å²) in [6.45, 7) is 1.63. The van der Waals surface area contributed by atoms with Crippen LogP contribution in [0.25, 0.3) is 0 Å². The van der Waals surface area contributed by atoms with E-state index >= 15 is 0 Å². The highest BCUT2D eigenvalue weighted by molar-refractivity contribution is 7.99. The van der Waals surface area contributed by atoms with E-state index in [1.807, 2.05) is 53.1 Å². The minimum absolute atomic E-state index is 0.242. The standard InChI is InChI=1S/C19H23NO3S/c1-22-16-7-4-15(5-8-16)6-9-19(21)20-11-10-18(24-14-12-20)17-3-2-13-23-17/h2-5,7-8,13,18H,6,9-12,14H2,1H3/t18-/m1/s1. The molecule has 128 valence electrons. The Morgan fingerprint density at radius 2 is 2.12 bits per heavy atom. The van der Waals surface area contributed by atoms with Gasteiger partial charge in [-0.25, -0.2) is 0 Å². The highest BCUT2D eigenvalue weighted by Gasteiger charge is 2.23. The molecule has 0 radical (unpaired) electrons. The number of methoxy groups -OCH3 is 1. The zero-order chi connectivity index (χ0) is 16.8. The van der Waals surface area contributed by atoms with E-state index in [9.17, 15) is 4.79 Å². The van der Waals surface area contributed by atoms with Gasteiger partial charge in [0, 0.05) is 25.3 Å². The lowest BCUT2D eigenvalue weighted by Gasteiger charge is -2.20. The molecule has 24 heavy (non-hydrogen) atoms. The number of benzene rings is 1. The summed E-state index contributed by atoms with van der Waals surface area (Å²) in [5, 5.41) is 0.361. The molecule has 0 aliphatic carbocycles. The Labute approximate surface area is 147 Å². The van der Waals surface area contributed by atoms with E-state index < -0.39 is 0 Å². The molecule has 1 saturated heterocycles. The SMILES string of the molecule is COc1ccc(CCC(=O)N2CCS[C@@H](c3ccco3)CC2)cc1. The monoisotopic (exact) mass is 345 g/mol. The quantitative estimate of drug-likeness (QED) is 0.823. The summed E-state index contributed by atoms with van der Waals surface area (Å²) in [5.74, 6) is 3.07. The Morgan fingerprint density at radius 1 is 1.29 bits per heavy atom. The second-order valence-electron chi connectivity index (χ2n) is 5.89. The van der Waals surface area contributed by atoms with E-state index in [1.165, 1.54) is 5.56 Å². The number of hydrogen-bond acceptors (Lipinski definition) is 4. The number of nitrogens with zero attached hydrogens (tertiary/aromatic N) is 1. The molecular weight excluding hydrogens is 322 g/mol. The van der Waals surface area contributed by atoms with Crippen LogP contribution in [0.3, 0.4) is 0 Å². The van der Waals surface area contributed by atoms with Gasteiger partial charge >= 0.3 is 0 Å². The van der Waals surface area contributed by atoms with Crippen molar-refractivity contribution in [3.8, 4) is 5.75 Å². The summed E-state index contributed by atoms with van der Waals surface area (Å²) in [6.07, 6.45) is 4.00. The summed E-state index contributed by atoms with van der Waals surface area (Å²) in [6, 6.07) is 11.9. The number of furan rings is 1. The van der Waals surface area contributed by atoms with Crippen molar-refractivity contribution in [1.29, 1.82) is 0 Å². The highest BCUT2D eigenvalue weighted by atomic mass is 32.2. The van der Waals surface area contributed by atoms with Crippen molar-refractivity contribution in [2.45, 2.75) is 24.5 Å². The van der Waals surface area contributed by atoms with Crippen LogP contribution in [0, 0.1) is 0 Å². The van der Waals surface area contributed by atoms with Crippen LogP contribution < -0.4 is 4.74 Å². The summed E-state index contributed by atoms with van der Waals surface area (Å²) >= 11 is 1.88. The van der Waals surface area contributed by atoms with Gasteiger partial charge in [-0.3, -0.25) is 4.79 Å². The third kappa shape index (κ3) is 4.35. The van der Waals surface area contributed by atoms with Crippen molar-refractivity contribution < 1.29 is 13.9 Å². The molecule has 1 atom stereocenters. The van der Waals surface area contributed by atoms with Gasteiger partial charge in [0.05, 0.1) is 18.6 Å². The number of aryl methyl sites for hydroxylation is 1. The van der Waals surface area contributed by atoms with Crippen molar-refractivity contribution >= 4 is 17.7 Å². The van der Waals surface area contributed by atoms with Crippen molar-refractivity contribution in [3.05, 3.63) is 54.0 Å².